The highest BCUT2D eigenvalue weighted by molar-refractivity contribution is 6.30. The van der Waals surface area contributed by atoms with Crippen molar-refractivity contribution in [1.29, 1.82) is 0 Å². The van der Waals surface area contributed by atoms with Crippen molar-refractivity contribution < 1.29 is 23.5 Å². The number of nitrogens with one attached hydrogen (secondary N) is 4. The number of rotatable bonds is 11. The minimum atomic E-state index is -0.370. The average Bonchev–Trinajstić information content (AvgIpc) is 3.53. The van der Waals surface area contributed by atoms with E-state index in [1.54, 1.807) is 37.4 Å². The number of nitrogens with zero attached hydrogens (tertiary/aromatic N) is 3. The van der Waals surface area contributed by atoms with Crippen molar-refractivity contribution in [2.24, 2.45) is 0 Å². The maximum atomic E-state index is 14.0. The monoisotopic (exact) mass is 729 g/mol. The Kier molecular flexibility index (Phi) is 13.9. The lowest BCUT2D eigenvalue weighted by Gasteiger charge is -2.31. The number of hydrogen-bond donors (Lipinski definition) is 4. The third kappa shape index (κ3) is 11.0. The van der Waals surface area contributed by atoms with Crippen LogP contribution in [0.25, 0.3) is 11.0 Å². The summed E-state index contributed by atoms with van der Waals surface area (Å²) in [4.78, 5) is 35.8. The van der Waals surface area contributed by atoms with Gasteiger partial charge in [0.1, 0.15) is 18.2 Å². The zero-order chi connectivity index (χ0) is 36.9. The summed E-state index contributed by atoms with van der Waals surface area (Å²) < 4.78 is 24.7. The molecule has 2 aliphatic heterocycles. The number of fused-ring (bicyclic) bond motifs is 1. The number of hydrogen-bond acceptors (Lipinski definition) is 8. The Morgan fingerprint density at radius 2 is 1.75 bits per heavy atom. The fourth-order valence-corrected chi connectivity index (χ4v) is 5.99. The third-order valence-corrected chi connectivity index (χ3v) is 9.09. The van der Waals surface area contributed by atoms with Crippen LogP contribution >= 0.6 is 11.6 Å². The molecule has 2 fully saturated rings. The molecule has 5 aromatic rings. The molecule has 2 amide bonds. The van der Waals surface area contributed by atoms with Crippen molar-refractivity contribution >= 4 is 52.5 Å². The number of aryl methyl sites for hydroxylation is 1. The van der Waals surface area contributed by atoms with Gasteiger partial charge in [-0.15, -0.1) is 0 Å². The highest BCUT2D eigenvalue weighted by Gasteiger charge is 2.23. The number of aromatic amines is 1. The molecular formula is C39H45ClFN7O4. The van der Waals surface area contributed by atoms with Crippen LogP contribution in [0.1, 0.15) is 54.7 Å². The molecular weight excluding hydrogens is 685 g/mol. The van der Waals surface area contributed by atoms with Crippen LogP contribution in [-0.4, -0.2) is 65.5 Å². The molecule has 0 unspecified atom stereocenters. The quantitative estimate of drug-likeness (QED) is 0.102. The number of carbonyl (C=O) groups is 2. The molecule has 1 atom stereocenters. The van der Waals surface area contributed by atoms with E-state index in [1.807, 2.05) is 12.1 Å². The summed E-state index contributed by atoms with van der Waals surface area (Å²) in [5, 5.41) is 8.31. The van der Waals surface area contributed by atoms with Crippen LogP contribution in [0, 0.1) is 12.7 Å². The fourth-order valence-electron chi connectivity index (χ4n) is 5.84. The van der Waals surface area contributed by atoms with Crippen molar-refractivity contribution in [2.45, 2.75) is 58.3 Å². The van der Waals surface area contributed by atoms with E-state index in [-0.39, 0.29) is 12.4 Å². The van der Waals surface area contributed by atoms with Gasteiger partial charge in [0, 0.05) is 47.6 Å². The topological polar surface area (TPSA) is 134 Å². The molecule has 13 heteroatoms. The van der Waals surface area contributed by atoms with E-state index in [4.69, 9.17) is 31.0 Å². The lowest BCUT2D eigenvalue weighted by molar-refractivity contribution is -0.106. The van der Waals surface area contributed by atoms with Crippen LogP contribution in [-0.2, 0) is 27.5 Å². The van der Waals surface area contributed by atoms with E-state index in [0.29, 0.717) is 52.7 Å². The minimum Gasteiger partial charge on any atom is -0.473 e. The standard InChI is InChI=1S/C26H26ClFN4O.C9H11N3O2.C4H8O/c1-17-5-8-23-24(13-17)30-25(29-23)15-32-11-9-18(10-12-32)22-3-2-4-26(31-22)33-16-19-6-7-20(27)14-21(19)28;1-10-8-3-2-7(11-5-13)4-9(8)12-6-14;1-4-2-3-5-4/h2-8,13-14,18H,9-12,15-16H2,1H3,(H,29,30);2-6,10H,1H3,(H,11,13)(H,12,14);4H,2-3H2,1H3/t;;4-/m..1/s1. The van der Waals surface area contributed by atoms with Crippen LogP contribution in [0.5, 0.6) is 5.88 Å². The second kappa shape index (κ2) is 19.0. The molecule has 11 nitrogen and oxygen atoms in total. The molecule has 2 aliphatic rings. The van der Waals surface area contributed by atoms with Crippen LogP contribution in [0.2, 0.25) is 5.02 Å². The lowest BCUT2D eigenvalue weighted by atomic mass is 9.93. The number of imidazole rings is 1. The third-order valence-electron chi connectivity index (χ3n) is 8.86. The predicted molar refractivity (Wildman–Crippen MR) is 203 cm³/mol. The first-order chi connectivity index (χ1) is 25.2. The molecule has 0 aliphatic carbocycles. The molecule has 0 radical (unpaired) electrons. The van der Waals surface area contributed by atoms with E-state index >= 15 is 0 Å². The average molecular weight is 730 g/mol. The Hall–Kier alpha value is -5.04. The zero-order valence-corrected chi connectivity index (χ0v) is 30.4. The van der Waals surface area contributed by atoms with E-state index < -0.39 is 0 Å². The first-order valence-electron chi connectivity index (χ1n) is 17.3. The number of H-pyrrole nitrogens is 1. The molecule has 3 aromatic carbocycles. The Labute approximate surface area is 308 Å². The summed E-state index contributed by atoms with van der Waals surface area (Å²) in [6, 6.07) is 21.9. The van der Waals surface area contributed by atoms with Gasteiger partial charge in [-0.3, -0.25) is 14.5 Å². The number of piperidine rings is 1. The Morgan fingerprint density at radius 1 is 0.981 bits per heavy atom. The van der Waals surface area contributed by atoms with Gasteiger partial charge in [0.05, 0.1) is 35.1 Å². The Morgan fingerprint density at radius 3 is 2.42 bits per heavy atom. The zero-order valence-electron chi connectivity index (χ0n) is 29.6. The maximum Gasteiger partial charge on any atom is 0.213 e. The summed E-state index contributed by atoms with van der Waals surface area (Å²) in [6.45, 7) is 8.09. The van der Waals surface area contributed by atoms with Crippen molar-refractivity contribution in [1.82, 2.24) is 19.9 Å². The van der Waals surface area contributed by atoms with Gasteiger partial charge in [-0.2, -0.15) is 0 Å². The molecule has 2 aromatic heterocycles. The molecule has 4 heterocycles. The van der Waals surface area contributed by atoms with Crippen LogP contribution in [0.4, 0.5) is 21.5 Å². The van der Waals surface area contributed by atoms with Gasteiger partial charge < -0.3 is 30.4 Å². The van der Waals surface area contributed by atoms with Crippen molar-refractivity contribution in [3.05, 3.63) is 106 Å². The number of halogens is 2. The summed E-state index contributed by atoms with van der Waals surface area (Å²) in [7, 11) is 1.75. The number of aromatic nitrogens is 3. The normalized spacial score (nSPS) is 15.6. The summed E-state index contributed by atoms with van der Waals surface area (Å²) >= 11 is 5.82. The lowest BCUT2D eigenvalue weighted by Crippen LogP contribution is -2.33. The van der Waals surface area contributed by atoms with Gasteiger partial charge in [-0.25, -0.2) is 14.4 Å². The fraction of sp³-hybridized carbons (Fsp3) is 0.333. The molecule has 7 rings (SSSR count). The number of benzene rings is 3. The highest BCUT2D eigenvalue weighted by atomic mass is 35.5. The number of ether oxygens (including phenoxy) is 2. The number of carbonyl (C=O) groups excluding carboxylic acids is 2. The van der Waals surface area contributed by atoms with Gasteiger partial charge in [0.25, 0.3) is 0 Å². The Balaban J connectivity index is 0.000000226. The summed E-state index contributed by atoms with van der Waals surface area (Å²) in [5.74, 6) is 1.54. The van der Waals surface area contributed by atoms with Gasteiger partial charge in [-0.1, -0.05) is 29.8 Å². The number of anilines is 3. The molecule has 0 saturated carbocycles. The SMILES string of the molecule is CNc1ccc(NC=O)cc1NC=O.C[C@@H]1CCO1.Cc1ccc2nc(CN3CCC(c4cccc(OCc5ccc(Cl)cc5F)n4)CC3)[nH]c2c1. The van der Waals surface area contributed by atoms with Gasteiger partial charge in [0.15, 0.2) is 0 Å². The molecule has 0 bridgehead atoms. The van der Waals surface area contributed by atoms with Gasteiger partial charge in [-0.05, 0) is 100 Å². The van der Waals surface area contributed by atoms with Crippen LogP contribution in [0.15, 0.2) is 72.8 Å². The summed E-state index contributed by atoms with van der Waals surface area (Å²) in [5.41, 5.74) is 6.87. The van der Waals surface area contributed by atoms with Crippen LogP contribution < -0.4 is 20.7 Å². The van der Waals surface area contributed by atoms with E-state index in [1.165, 1.54) is 18.1 Å². The van der Waals surface area contributed by atoms with Crippen molar-refractivity contribution in [3.63, 3.8) is 0 Å². The minimum absolute atomic E-state index is 0.120. The van der Waals surface area contributed by atoms with Gasteiger partial charge in [0.2, 0.25) is 18.7 Å². The smallest absolute Gasteiger partial charge is 0.213 e. The van der Waals surface area contributed by atoms with Crippen molar-refractivity contribution in [3.8, 4) is 5.88 Å². The predicted octanol–water partition coefficient (Wildman–Crippen LogP) is 7.68. The molecule has 4 N–H and O–H groups in total. The highest BCUT2D eigenvalue weighted by Crippen LogP contribution is 2.29. The van der Waals surface area contributed by atoms with Gasteiger partial charge >= 0.3 is 0 Å². The molecule has 0 spiro atoms. The maximum absolute atomic E-state index is 14.0. The molecule has 274 valence electrons. The Bertz CT molecular complexity index is 1930. The van der Waals surface area contributed by atoms with E-state index in [9.17, 15) is 14.0 Å². The van der Waals surface area contributed by atoms with Crippen LogP contribution in [0.3, 0.4) is 0 Å². The molecule has 52 heavy (non-hydrogen) atoms. The van der Waals surface area contributed by atoms with Crippen molar-refractivity contribution in [2.75, 3.05) is 42.7 Å². The first-order valence-corrected chi connectivity index (χ1v) is 17.7. The van der Waals surface area contributed by atoms with E-state index in [0.717, 1.165) is 67.3 Å². The first kappa shape index (κ1) is 38.2. The largest absolute Gasteiger partial charge is 0.473 e. The van der Waals surface area contributed by atoms with E-state index in [2.05, 4.69) is 63.9 Å². The number of likely N-dealkylation sites (tertiary alicyclic amines) is 1. The number of amides is 2. The second-order valence-electron chi connectivity index (χ2n) is 12.7. The number of pyridine rings is 1. The molecule has 2 saturated heterocycles. The summed E-state index contributed by atoms with van der Waals surface area (Å²) in [6.07, 6.45) is 5.05. The second-order valence-corrected chi connectivity index (χ2v) is 13.1.